The maximum atomic E-state index is 12.9. The van der Waals surface area contributed by atoms with Crippen molar-refractivity contribution in [1.29, 1.82) is 0 Å². The second-order valence-electron chi connectivity index (χ2n) is 6.28. The number of nitrogens with zero attached hydrogens (tertiary/aromatic N) is 1. The number of nitrogens with one attached hydrogen (secondary N) is 1. The van der Waals surface area contributed by atoms with Gasteiger partial charge >= 0.3 is 0 Å². The molecule has 2 aromatic carbocycles. The van der Waals surface area contributed by atoms with Gasteiger partial charge in [0.25, 0.3) is 5.91 Å². The largest absolute Gasteiger partial charge is 0.335 e. The van der Waals surface area contributed by atoms with Crippen LogP contribution in [0.1, 0.15) is 27.9 Å². The van der Waals surface area contributed by atoms with Gasteiger partial charge in [-0.25, -0.2) is 13.1 Å². The molecule has 3 rings (SSSR count). The minimum absolute atomic E-state index is 0.103. The smallest absolute Gasteiger partial charge is 0.254 e. The van der Waals surface area contributed by atoms with Gasteiger partial charge in [-0.15, -0.1) is 0 Å². The molecule has 5 nitrogen and oxygen atoms in total. The molecule has 0 bridgehead atoms. The minimum Gasteiger partial charge on any atom is -0.335 e. The van der Waals surface area contributed by atoms with E-state index in [9.17, 15) is 13.2 Å². The number of benzene rings is 2. The Bertz CT molecular complexity index is 950. The molecule has 1 N–H and O–H groups in total. The molecular formula is C20H22N2O3S. The molecule has 6 heteroatoms. The van der Waals surface area contributed by atoms with E-state index in [1.165, 1.54) is 30.3 Å². The van der Waals surface area contributed by atoms with Gasteiger partial charge in [-0.2, -0.15) is 0 Å². The third kappa shape index (κ3) is 3.71. The first kappa shape index (κ1) is 18.4. The predicted octanol–water partition coefficient (Wildman–Crippen LogP) is 2.83. The summed E-state index contributed by atoms with van der Waals surface area (Å²) in [4.78, 5) is 14.8. The normalized spacial score (nSPS) is 14.8. The first-order valence-electron chi connectivity index (χ1n) is 8.50. The lowest BCUT2D eigenvalue weighted by atomic mass is 9.99. The molecule has 1 aliphatic rings. The molecule has 0 aromatic heterocycles. The predicted molar refractivity (Wildman–Crippen MR) is 102 cm³/mol. The maximum absolute atomic E-state index is 12.9. The Labute approximate surface area is 154 Å². The van der Waals surface area contributed by atoms with Crippen LogP contribution in [0.25, 0.3) is 5.57 Å². The SMILES string of the molecule is CNS(=O)(=O)c1ccc(C)c(C(=O)N2CC=C(c3ccccc3)CC2)c1. The number of aryl methyl sites for hydroxylation is 1. The molecular weight excluding hydrogens is 348 g/mol. The number of carbonyl (C=O) groups excluding carboxylic acids is 1. The van der Waals surface area contributed by atoms with Gasteiger partial charge in [-0.3, -0.25) is 4.79 Å². The Morgan fingerprint density at radius 1 is 1.12 bits per heavy atom. The van der Waals surface area contributed by atoms with Crippen molar-refractivity contribution >= 4 is 21.5 Å². The summed E-state index contributed by atoms with van der Waals surface area (Å²) in [6, 6.07) is 14.8. The van der Waals surface area contributed by atoms with Crippen molar-refractivity contribution in [2.75, 3.05) is 20.1 Å². The van der Waals surface area contributed by atoms with Gasteiger partial charge in [0.2, 0.25) is 10.0 Å². The zero-order chi connectivity index (χ0) is 18.7. The van der Waals surface area contributed by atoms with E-state index in [0.717, 1.165) is 12.0 Å². The van der Waals surface area contributed by atoms with E-state index < -0.39 is 10.0 Å². The van der Waals surface area contributed by atoms with Crippen molar-refractivity contribution in [2.24, 2.45) is 0 Å². The summed E-state index contributed by atoms with van der Waals surface area (Å²) in [6.07, 6.45) is 2.85. The third-order valence-corrected chi connectivity index (χ3v) is 6.07. The van der Waals surface area contributed by atoms with E-state index in [4.69, 9.17) is 0 Å². The molecule has 0 radical (unpaired) electrons. The van der Waals surface area contributed by atoms with Crippen LogP contribution in [0.15, 0.2) is 59.5 Å². The Hall–Kier alpha value is -2.44. The standard InChI is InChI=1S/C20H22N2O3S/c1-15-8-9-18(26(24,25)21-2)14-19(15)20(23)22-12-10-17(11-13-22)16-6-4-3-5-7-16/h3-10,14,21H,11-13H2,1-2H3. The molecule has 1 heterocycles. The van der Waals surface area contributed by atoms with E-state index >= 15 is 0 Å². The van der Waals surface area contributed by atoms with Crippen molar-refractivity contribution in [1.82, 2.24) is 9.62 Å². The second kappa shape index (κ2) is 7.43. The van der Waals surface area contributed by atoms with Crippen LogP contribution < -0.4 is 4.72 Å². The van der Waals surface area contributed by atoms with E-state index in [1.54, 1.807) is 11.0 Å². The monoisotopic (exact) mass is 370 g/mol. The molecule has 0 atom stereocenters. The second-order valence-corrected chi connectivity index (χ2v) is 8.17. The lowest BCUT2D eigenvalue weighted by Gasteiger charge is -2.27. The molecule has 26 heavy (non-hydrogen) atoms. The van der Waals surface area contributed by atoms with Crippen molar-refractivity contribution < 1.29 is 13.2 Å². The van der Waals surface area contributed by atoms with Gasteiger partial charge in [-0.1, -0.05) is 42.5 Å². The number of hydrogen-bond donors (Lipinski definition) is 1. The number of sulfonamides is 1. The van der Waals surface area contributed by atoms with Crippen molar-refractivity contribution in [3.8, 4) is 0 Å². The van der Waals surface area contributed by atoms with Crippen LogP contribution in [-0.4, -0.2) is 39.4 Å². The lowest BCUT2D eigenvalue weighted by molar-refractivity contribution is 0.0772. The number of rotatable bonds is 4. The number of amides is 1. The van der Waals surface area contributed by atoms with Crippen molar-refractivity contribution in [2.45, 2.75) is 18.2 Å². The van der Waals surface area contributed by atoms with Crippen LogP contribution >= 0.6 is 0 Å². The van der Waals surface area contributed by atoms with E-state index in [1.807, 2.05) is 25.1 Å². The molecule has 0 spiro atoms. The quantitative estimate of drug-likeness (QED) is 0.900. The highest BCUT2D eigenvalue weighted by molar-refractivity contribution is 7.89. The highest BCUT2D eigenvalue weighted by Gasteiger charge is 2.22. The molecule has 1 aliphatic heterocycles. The van der Waals surface area contributed by atoms with Gasteiger partial charge in [0, 0.05) is 18.7 Å². The topological polar surface area (TPSA) is 66.5 Å². The molecule has 0 aliphatic carbocycles. The van der Waals surface area contributed by atoms with Gasteiger partial charge in [0.1, 0.15) is 0 Å². The highest BCUT2D eigenvalue weighted by Crippen LogP contribution is 2.24. The first-order valence-corrected chi connectivity index (χ1v) is 9.98. The zero-order valence-corrected chi connectivity index (χ0v) is 15.7. The van der Waals surface area contributed by atoms with Crippen LogP contribution in [0.4, 0.5) is 0 Å². The van der Waals surface area contributed by atoms with Gasteiger partial charge in [-0.05, 0) is 49.2 Å². The summed E-state index contributed by atoms with van der Waals surface area (Å²) >= 11 is 0. The molecule has 0 unspecified atom stereocenters. The third-order valence-electron chi connectivity index (χ3n) is 4.66. The minimum atomic E-state index is -3.58. The van der Waals surface area contributed by atoms with Crippen LogP contribution in [0.3, 0.4) is 0 Å². The summed E-state index contributed by atoms with van der Waals surface area (Å²) < 4.78 is 26.3. The van der Waals surface area contributed by atoms with E-state index in [2.05, 4.69) is 22.9 Å². The highest BCUT2D eigenvalue weighted by atomic mass is 32.2. The number of hydrogen-bond acceptors (Lipinski definition) is 3. The Balaban J connectivity index is 1.83. The van der Waals surface area contributed by atoms with Crippen LogP contribution in [0.5, 0.6) is 0 Å². The maximum Gasteiger partial charge on any atom is 0.254 e. The Morgan fingerprint density at radius 2 is 1.85 bits per heavy atom. The Morgan fingerprint density at radius 3 is 2.46 bits per heavy atom. The zero-order valence-electron chi connectivity index (χ0n) is 14.9. The van der Waals surface area contributed by atoms with E-state index in [-0.39, 0.29) is 10.8 Å². The summed E-state index contributed by atoms with van der Waals surface area (Å²) in [6.45, 7) is 2.95. The average Bonchev–Trinajstić information content (AvgIpc) is 2.68. The van der Waals surface area contributed by atoms with Crippen LogP contribution in [-0.2, 0) is 10.0 Å². The van der Waals surface area contributed by atoms with Gasteiger partial charge in [0.15, 0.2) is 0 Å². The molecule has 2 aromatic rings. The van der Waals surface area contributed by atoms with Crippen LogP contribution in [0.2, 0.25) is 0 Å². The molecule has 136 valence electrons. The van der Waals surface area contributed by atoms with Crippen LogP contribution in [0, 0.1) is 6.92 Å². The summed E-state index contributed by atoms with van der Waals surface area (Å²) in [5.74, 6) is -0.140. The van der Waals surface area contributed by atoms with Gasteiger partial charge < -0.3 is 4.90 Å². The first-order chi connectivity index (χ1) is 12.4. The van der Waals surface area contributed by atoms with E-state index in [0.29, 0.717) is 18.7 Å². The Kier molecular flexibility index (Phi) is 5.25. The molecule has 1 amide bonds. The molecule has 0 fully saturated rings. The number of carbonyl (C=O) groups is 1. The molecule has 0 saturated heterocycles. The molecule has 0 saturated carbocycles. The average molecular weight is 370 g/mol. The summed E-state index contributed by atoms with van der Waals surface area (Å²) in [7, 11) is -2.22. The fraction of sp³-hybridized carbons (Fsp3) is 0.250. The van der Waals surface area contributed by atoms with Crippen molar-refractivity contribution in [3.05, 3.63) is 71.3 Å². The fourth-order valence-corrected chi connectivity index (χ4v) is 3.81. The van der Waals surface area contributed by atoms with Gasteiger partial charge in [0.05, 0.1) is 4.90 Å². The fourth-order valence-electron chi connectivity index (χ4n) is 3.05. The summed E-state index contributed by atoms with van der Waals surface area (Å²) in [5.41, 5.74) is 3.61. The lowest BCUT2D eigenvalue weighted by Crippen LogP contribution is -2.35. The van der Waals surface area contributed by atoms with Crippen molar-refractivity contribution in [3.63, 3.8) is 0 Å². The summed E-state index contributed by atoms with van der Waals surface area (Å²) in [5, 5.41) is 0.